The minimum atomic E-state index is -4.71. The van der Waals surface area contributed by atoms with Crippen LogP contribution in [0.2, 0.25) is 10.0 Å². The summed E-state index contributed by atoms with van der Waals surface area (Å²) in [6.45, 7) is 0.459. The van der Waals surface area contributed by atoms with Gasteiger partial charge in [-0.15, -0.1) is 0 Å². The van der Waals surface area contributed by atoms with Crippen molar-refractivity contribution in [3.63, 3.8) is 0 Å². The smallest absolute Gasteiger partial charge is 0.418 e. The molecule has 1 amide bonds. The Bertz CT molecular complexity index is 888. The van der Waals surface area contributed by atoms with Crippen LogP contribution in [0.5, 0.6) is 5.75 Å². The first-order chi connectivity index (χ1) is 13.1. The highest BCUT2D eigenvalue weighted by atomic mass is 35.5. The Kier molecular flexibility index (Phi) is 7.15. The van der Waals surface area contributed by atoms with Crippen LogP contribution in [0, 0.1) is 6.92 Å². The first kappa shape index (κ1) is 21.8. The normalized spacial score (nSPS) is 11.1. The van der Waals surface area contributed by atoms with Gasteiger partial charge in [-0.25, -0.2) is 4.79 Å². The molecule has 0 saturated heterocycles. The van der Waals surface area contributed by atoms with E-state index in [1.165, 1.54) is 6.07 Å². The van der Waals surface area contributed by atoms with E-state index < -0.39 is 42.5 Å². The van der Waals surface area contributed by atoms with E-state index in [2.05, 4.69) is 0 Å². The van der Waals surface area contributed by atoms with Crippen molar-refractivity contribution < 1.29 is 32.2 Å². The Hall–Kier alpha value is -2.45. The van der Waals surface area contributed by atoms with Gasteiger partial charge in [0.05, 0.1) is 16.3 Å². The van der Waals surface area contributed by atoms with E-state index in [0.717, 1.165) is 17.7 Å². The van der Waals surface area contributed by atoms with Gasteiger partial charge in [0.25, 0.3) is 5.91 Å². The van der Waals surface area contributed by atoms with Gasteiger partial charge in [0.15, 0.2) is 13.2 Å². The Balaban J connectivity index is 1.89. The van der Waals surface area contributed by atoms with E-state index in [-0.39, 0.29) is 5.02 Å². The Morgan fingerprint density at radius 1 is 1.07 bits per heavy atom. The fourth-order valence-corrected chi connectivity index (χ4v) is 2.44. The molecule has 0 fully saturated rings. The van der Waals surface area contributed by atoms with Gasteiger partial charge in [0.1, 0.15) is 5.75 Å². The summed E-state index contributed by atoms with van der Waals surface area (Å²) < 4.78 is 48.9. The van der Waals surface area contributed by atoms with Crippen molar-refractivity contribution in [3.05, 3.63) is 57.6 Å². The highest BCUT2D eigenvalue weighted by Gasteiger charge is 2.34. The molecule has 0 unspecified atom stereocenters. The van der Waals surface area contributed by atoms with Crippen molar-refractivity contribution in [1.82, 2.24) is 0 Å². The zero-order valence-electron chi connectivity index (χ0n) is 14.4. The molecule has 0 atom stereocenters. The molecule has 28 heavy (non-hydrogen) atoms. The Morgan fingerprint density at radius 2 is 1.79 bits per heavy atom. The zero-order valence-corrected chi connectivity index (χ0v) is 15.9. The zero-order chi connectivity index (χ0) is 20.9. The third-order valence-corrected chi connectivity index (χ3v) is 4.17. The molecule has 0 heterocycles. The standard InChI is InChI=1S/C18H14Cl2F3NO4/c1-10-7-11(5-6-13(10)19)27-9-16(26)28-8-15(25)24-17-12(18(21,22)23)3-2-4-14(17)20/h2-7H,8-9H2,1H3,(H,24,25). The van der Waals surface area contributed by atoms with Gasteiger partial charge in [-0.05, 0) is 42.8 Å². The molecule has 0 aliphatic rings. The molecular weight excluding hydrogens is 422 g/mol. The number of esters is 1. The number of aryl methyl sites for hydroxylation is 1. The SMILES string of the molecule is Cc1cc(OCC(=O)OCC(=O)Nc2c(Cl)cccc2C(F)(F)F)ccc1Cl. The number of para-hydroxylation sites is 1. The molecule has 0 aliphatic heterocycles. The van der Waals surface area contributed by atoms with Crippen molar-refractivity contribution >= 4 is 40.8 Å². The number of ether oxygens (including phenoxy) is 2. The number of nitrogens with one attached hydrogen (secondary N) is 1. The summed E-state index contributed by atoms with van der Waals surface area (Å²) in [6, 6.07) is 7.82. The van der Waals surface area contributed by atoms with Crippen molar-refractivity contribution in [2.45, 2.75) is 13.1 Å². The van der Waals surface area contributed by atoms with Crippen LogP contribution in [0.3, 0.4) is 0 Å². The predicted molar refractivity (Wildman–Crippen MR) is 97.7 cm³/mol. The summed E-state index contributed by atoms with van der Waals surface area (Å²) >= 11 is 11.6. The van der Waals surface area contributed by atoms with Crippen LogP contribution in [0.1, 0.15) is 11.1 Å². The topological polar surface area (TPSA) is 64.6 Å². The maximum atomic E-state index is 13.0. The quantitative estimate of drug-likeness (QED) is 0.656. The molecule has 1 N–H and O–H groups in total. The van der Waals surface area contributed by atoms with E-state index in [0.29, 0.717) is 10.8 Å². The molecule has 10 heteroatoms. The number of carbonyl (C=O) groups is 2. The molecule has 2 aromatic rings. The Morgan fingerprint density at radius 3 is 2.43 bits per heavy atom. The number of benzene rings is 2. The highest BCUT2D eigenvalue weighted by molar-refractivity contribution is 6.34. The van der Waals surface area contributed by atoms with E-state index in [1.807, 2.05) is 5.32 Å². The molecule has 0 aromatic heterocycles. The van der Waals surface area contributed by atoms with Gasteiger partial charge >= 0.3 is 12.1 Å². The van der Waals surface area contributed by atoms with E-state index in [4.69, 9.17) is 32.7 Å². The van der Waals surface area contributed by atoms with Gasteiger partial charge in [0.2, 0.25) is 0 Å². The second-order valence-corrected chi connectivity index (χ2v) is 6.38. The maximum absolute atomic E-state index is 13.0. The first-order valence-corrected chi connectivity index (χ1v) is 8.53. The number of anilines is 1. The minimum absolute atomic E-state index is 0.295. The fourth-order valence-electron chi connectivity index (χ4n) is 2.10. The summed E-state index contributed by atoms with van der Waals surface area (Å²) in [4.78, 5) is 23.5. The van der Waals surface area contributed by atoms with Crippen LogP contribution >= 0.6 is 23.2 Å². The molecule has 0 spiro atoms. The maximum Gasteiger partial charge on any atom is 0.418 e. The van der Waals surface area contributed by atoms with Gasteiger partial charge in [0, 0.05) is 5.02 Å². The lowest BCUT2D eigenvalue weighted by Crippen LogP contribution is -2.25. The summed E-state index contributed by atoms with van der Waals surface area (Å²) in [7, 11) is 0. The third-order valence-electron chi connectivity index (χ3n) is 3.43. The summed E-state index contributed by atoms with van der Waals surface area (Å²) in [5.74, 6) is -1.48. The molecule has 0 bridgehead atoms. The second kappa shape index (κ2) is 9.16. The highest BCUT2D eigenvalue weighted by Crippen LogP contribution is 2.38. The van der Waals surface area contributed by atoms with E-state index in [1.54, 1.807) is 25.1 Å². The number of hydrogen-bond donors (Lipinski definition) is 1. The number of amides is 1. The van der Waals surface area contributed by atoms with Crippen molar-refractivity contribution in [3.8, 4) is 5.75 Å². The number of rotatable bonds is 6. The largest absolute Gasteiger partial charge is 0.482 e. The molecule has 5 nitrogen and oxygen atoms in total. The first-order valence-electron chi connectivity index (χ1n) is 7.78. The van der Waals surface area contributed by atoms with Crippen molar-refractivity contribution in [2.75, 3.05) is 18.5 Å². The number of halogens is 5. The lowest BCUT2D eigenvalue weighted by atomic mass is 10.1. The molecular formula is C18H14Cl2F3NO4. The van der Waals surface area contributed by atoms with Crippen molar-refractivity contribution in [2.24, 2.45) is 0 Å². The van der Waals surface area contributed by atoms with Crippen LogP contribution in [0.4, 0.5) is 18.9 Å². The molecule has 150 valence electrons. The molecule has 0 radical (unpaired) electrons. The molecule has 2 rings (SSSR count). The lowest BCUT2D eigenvalue weighted by Gasteiger charge is -2.15. The van der Waals surface area contributed by atoms with Gasteiger partial charge in [-0.3, -0.25) is 4.79 Å². The van der Waals surface area contributed by atoms with Gasteiger partial charge in [-0.1, -0.05) is 29.3 Å². The third kappa shape index (κ3) is 6.03. The number of alkyl halides is 3. The van der Waals surface area contributed by atoms with E-state index in [9.17, 15) is 22.8 Å². The lowest BCUT2D eigenvalue weighted by molar-refractivity contribution is -0.149. The van der Waals surface area contributed by atoms with Crippen LogP contribution in [0.25, 0.3) is 0 Å². The van der Waals surface area contributed by atoms with Crippen molar-refractivity contribution in [1.29, 1.82) is 0 Å². The molecule has 0 aliphatic carbocycles. The predicted octanol–water partition coefficient (Wildman–Crippen LogP) is 4.88. The summed E-state index contributed by atoms with van der Waals surface area (Å²) in [5, 5.41) is 2.24. The van der Waals surface area contributed by atoms with Crippen LogP contribution in [-0.4, -0.2) is 25.1 Å². The fraction of sp³-hybridized carbons (Fsp3) is 0.222. The average molecular weight is 436 g/mol. The average Bonchev–Trinajstić information content (AvgIpc) is 2.61. The van der Waals surface area contributed by atoms with Gasteiger partial charge < -0.3 is 14.8 Å². The molecule has 2 aromatic carbocycles. The van der Waals surface area contributed by atoms with Crippen LogP contribution in [-0.2, 0) is 20.5 Å². The Labute approximate surface area is 168 Å². The summed E-state index contributed by atoms with van der Waals surface area (Å²) in [5.41, 5.74) is -0.973. The number of carbonyl (C=O) groups excluding carboxylic acids is 2. The minimum Gasteiger partial charge on any atom is -0.482 e. The number of hydrogen-bond acceptors (Lipinski definition) is 4. The van der Waals surface area contributed by atoms with E-state index >= 15 is 0 Å². The van der Waals surface area contributed by atoms with Gasteiger partial charge in [-0.2, -0.15) is 13.2 Å². The van der Waals surface area contributed by atoms with Crippen LogP contribution < -0.4 is 10.1 Å². The molecule has 0 saturated carbocycles. The monoisotopic (exact) mass is 435 g/mol. The summed E-state index contributed by atoms with van der Waals surface area (Å²) in [6.07, 6.45) is -4.71. The van der Waals surface area contributed by atoms with Crippen LogP contribution in [0.15, 0.2) is 36.4 Å². The second-order valence-electron chi connectivity index (χ2n) is 5.57.